The molecule has 1 aromatic heterocycles. The number of carbonyl (C=O) groups is 1. The summed E-state index contributed by atoms with van der Waals surface area (Å²) in [5.41, 5.74) is 2.00. The Bertz CT molecular complexity index is 1060. The van der Waals surface area contributed by atoms with Crippen LogP contribution >= 0.6 is 11.8 Å². The van der Waals surface area contributed by atoms with Gasteiger partial charge in [0.15, 0.2) is 17.1 Å². The zero-order valence-electron chi connectivity index (χ0n) is 20.7. The van der Waals surface area contributed by atoms with Crippen molar-refractivity contribution in [2.75, 3.05) is 18.2 Å². The molecule has 0 aliphatic heterocycles. The van der Waals surface area contributed by atoms with E-state index in [2.05, 4.69) is 59.9 Å². The molecule has 0 radical (unpaired) electrons. The molecule has 1 unspecified atom stereocenters. The Morgan fingerprint density at radius 3 is 2.21 bits per heavy atom. The van der Waals surface area contributed by atoms with Gasteiger partial charge >= 0.3 is 0 Å². The zero-order valence-corrected chi connectivity index (χ0v) is 21.6. The number of hydrogen-bond donors (Lipinski definition) is 1. The Morgan fingerprint density at radius 2 is 1.62 bits per heavy atom. The number of nitrogens with zero attached hydrogens (tertiary/aromatic N) is 3. The predicted octanol–water partition coefficient (Wildman–Crippen LogP) is 5.94. The molecule has 182 valence electrons. The summed E-state index contributed by atoms with van der Waals surface area (Å²) in [6.07, 6.45) is -0.279. The lowest BCUT2D eigenvalue weighted by Crippen LogP contribution is -2.17. The predicted molar refractivity (Wildman–Crippen MR) is 137 cm³/mol. The Morgan fingerprint density at radius 1 is 0.971 bits per heavy atom. The molecular weight excluding hydrogens is 448 g/mol. The van der Waals surface area contributed by atoms with E-state index in [4.69, 9.17) is 9.47 Å². The van der Waals surface area contributed by atoms with Gasteiger partial charge in [-0.25, -0.2) is 0 Å². The second kappa shape index (κ2) is 11.9. The zero-order chi connectivity index (χ0) is 24.7. The van der Waals surface area contributed by atoms with Gasteiger partial charge in [0.05, 0.1) is 12.9 Å². The third-order valence-electron chi connectivity index (χ3n) is 5.22. The van der Waals surface area contributed by atoms with E-state index in [-0.39, 0.29) is 17.8 Å². The third-order valence-corrected chi connectivity index (χ3v) is 6.19. The van der Waals surface area contributed by atoms with Crippen LogP contribution in [0.3, 0.4) is 0 Å². The molecular formula is C26H34N4O3S. The highest BCUT2D eigenvalue weighted by atomic mass is 32.2. The first-order chi connectivity index (χ1) is 16.3. The number of anilines is 1. The Hall–Kier alpha value is -3.00. The smallest absolute Gasteiger partial charge is 0.234 e. The number of rotatable bonds is 11. The second-order valence-corrected chi connectivity index (χ2v) is 9.84. The summed E-state index contributed by atoms with van der Waals surface area (Å²) in [7, 11) is 1.61. The highest BCUT2D eigenvalue weighted by molar-refractivity contribution is 7.99. The van der Waals surface area contributed by atoms with E-state index in [1.165, 1.54) is 17.3 Å². The van der Waals surface area contributed by atoms with Gasteiger partial charge in [-0.1, -0.05) is 51.6 Å². The highest BCUT2D eigenvalue weighted by Gasteiger charge is 2.21. The number of amides is 1. The van der Waals surface area contributed by atoms with Crippen LogP contribution in [-0.2, 0) is 11.3 Å². The van der Waals surface area contributed by atoms with Crippen molar-refractivity contribution in [1.29, 1.82) is 0 Å². The van der Waals surface area contributed by atoms with Crippen molar-refractivity contribution in [3.8, 4) is 11.5 Å². The first kappa shape index (κ1) is 25.6. The molecule has 0 spiro atoms. The van der Waals surface area contributed by atoms with Crippen LogP contribution in [-0.4, -0.2) is 33.5 Å². The number of carbonyl (C=O) groups excluding carboxylic acids is 1. The minimum Gasteiger partial charge on any atom is -0.497 e. The van der Waals surface area contributed by atoms with Gasteiger partial charge in [-0.2, -0.15) is 0 Å². The van der Waals surface area contributed by atoms with Crippen molar-refractivity contribution in [2.24, 2.45) is 5.92 Å². The molecule has 0 bridgehead atoms. The van der Waals surface area contributed by atoms with Crippen LogP contribution in [0.15, 0.2) is 53.7 Å². The van der Waals surface area contributed by atoms with Gasteiger partial charge in [-0.05, 0) is 60.7 Å². The monoisotopic (exact) mass is 482 g/mol. The summed E-state index contributed by atoms with van der Waals surface area (Å²) in [5.74, 6) is 3.28. The summed E-state index contributed by atoms with van der Waals surface area (Å²) in [6, 6.07) is 15.4. The van der Waals surface area contributed by atoms with Crippen molar-refractivity contribution in [2.45, 2.75) is 58.3 Å². The summed E-state index contributed by atoms with van der Waals surface area (Å²) in [4.78, 5) is 12.5. The van der Waals surface area contributed by atoms with Crippen LogP contribution in [0.2, 0.25) is 0 Å². The number of methoxy groups -OCH3 is 1. The minimum atomic E-state index is -0.279. The molecule has 34 heavy (non-hydrogen) atoms. The highest BCUT2D eigenvalue weighted by Crippen LogP contribution is 2.27. The molecule has 1 atom stereocenters. The van der Waals surface area contributed by atoms with E-state index in [0.717, 1.165) is 29.6 Å². The van der Waals surface area contributed by atoms with Crippen LogP contribution < -0.4 is 14.8 Å². The fourth-order valence-corrected chi connectivity index (χ4v) is 4.19. The average Bonchev–Trinajstić information content (AvgIpc) is 3.20. The van der Waals surface area contributed by atoms with E-state index in [9.17, 15) is 4.79 Å². The second-order valence-electron chi connectivity index (χ2n) is 8.89. The SMILES string of the molecule is COc1ccc(NC(=O)CSc2nnc(C(C)Oc3ccc(C(C)C)cc3)n2CC(C)C)cc1. The van der Waals surface area contributed by atoms with Gasteiger partial charge in [0, 0.05) is 12.2 Å². The maximum Gasteiger partial charge on any atom is 0.234 e. The van der Waals surface area contributed by atoms with Gasteiger partial charge in [0.1, 0.15) is 11.5 Å². The quantitative estimate of drug-likeness (QED) is 0.341. The largest absolute Gasteiger partial charge is 0.497 e. The van der Waals surface area contributed by atoms with Crippen LogP contribution in [0.25, 0.3) is 0 Å². The van der Waals surface area contributed by atoms with E-state index in [0.29, 0.717) is 17.0 Å². The van der Waals surface area contributed by atoms with E-state index >= 15 is 0 Å². The third kappa shape index (κ3) is 7.00. The number of hydrogen-bond acceptors (Lipinski definition) is 6. The number of benzene rings is 2. The molecule has 0 aliphatic carbocycles. The molecule has 7 nitrogen and oxygen atoms in total. The van der Waals surface area contributed by atoms with Crippen LogP contribution in [0, 0.1) is 5.92 Å². The summed E-state index contributed by atoms with van der Waals surface area (Å²) >= 11 is 1.37. The molecule has 1 amide bonds. The van der Waals surface area contributed by atoms with Gasteiger partial charge in [0.25, 0.3) is 0 Å². The summed E-state index contributed by atoms with van der Waals surface area (Å²) in [6.45, 7) is 11.3. The number of thioether (sulfide) groups is 1. The van der Waals surface area contributed by atoms with E-state index < -0.39 is 0 Å². The Kier molecular flexibility index (Phi) is 8.98. The van der Waals surface area contributed by atoms with Gasteiger partial charge in [-0.15, -0.1) is 10.2 Å². The van der Waals surface area contributed by atoms with Crippen molar-refractivity contribution < 1.29 is 14.3 Å². The summed E-state index contributed by atoms with van der Waals surface area (Å²) < 4.78 is 13.4. The molecule has 0 fully saturated rings. The average molecular weight is 483 g/mol. The topological polar surface area (TPSA) is 78.3 Å². The van der Waals surface area contributed by atoms with Crippen LogP contribution in [0.4, 0.5) is 5.69 Å². The summed E-state index contributed by atoms with van der Waals surface area (Å²) in [5, 5.41) is 12.4. The standard InChI is InChI=1S/C26H34N4O3S/c1-17(2)15-30-25(19(5)33-23-11-7-20(8-12-23)18(3)4)28-29-26(30)34-16-24(31)27-21-9-13-22(32-6)14-10-21/h7-14,17-19H,15-16H2,1-6H3,(H,27,31). The molecule has 0 aliphatic rings. The lowest BCUT2D eigenvalue weighted by Gasteiger charge is -2.18. The maximum atomic E-state index is 12.5. The van der Waals surface area contributed by atoms with Gasteiger partial charge < -0.3 is 19.4 Å². The van der Waals surface area contributed by atoms with Gasteiger partial charge in [0.2, 0.25) is 5.91 Å². The maximum absolute atomic E-state index is 12.5. The number of aromatic nitrogens is 3. The minimum absolute atomic E-state index is 0.106. The van der Waals surface area contributed by atoms with Crippen molar-refractivity contribution in [3.05, 3.63) is 59.9 Å². The number of nitrogens with one attached hydrogen (secondary N) is 1. The molecule has 1 heterocycles. The first-order valence-corrected chi connectivity index (χ1v) is 12.5. The fraction of sp³-hybridized carbons (Fsp3) is 0.423. The molecule has 3 rings (SSSR count). The molecule has 2 aromatic carbocycles. The molecule has 1 N–H and O–H groups in total. The Balaban J connectivity index is 1.66. The Labute approximate surface area is 206 Å². The van der Waals surface area contributed by atoms with Gasteiger partial charge in [-0.3, -0.25) is 4.79 Å². The van der Waals surface area contributed by atoms with Crippen molar-refractivity contribution in [1.82, 2.24) is 14.8 Å². The van der Waals surface area contributed by atoms with Crippen molar-refractivity contribution >= 4 is 23.4 Å². The first-order valence-electron chi connectivity index (χ1n) is 11.5. The van der Waals surface area contributed by atoms with E-state index in [1.807, 2.05) is 43.3 Å². The number of ether oxygens (including phenoxy) is 2. The molecule has 0 saturated heterocycles. The molecule has 0 saturated carbocycles. The lowest BCUT2D eigenvalue weighted by atomic mass is 10.0. The molecule has 3 aromatic rings. The fourth-order valence-electron chi connectivity index (χ4n) is 3.43. The van der Waals surface area contributed by atoms with Crippen LogP contribution in [0.1, 0.15) is 58.0 Å². The van der Waals surface area contributed by atoms with E-state index in [1.54, 1.807) is 7.11 Å². The van der Waals surface area contributed by atoms with Crippen molar-refractivity contribution in [3.63, 3.8) is 0 Å². The lowest BCUT2D eigenvalue weighted by molar-refractivity contribution is -0.113. The normalized spacial score (nSPS) is 12.1. The van der Waals surface area contributed by atoms with Crippen LogP contribution in [0.5, 0.6) is 11.5 Å². The molecule has 8 heteroatoms.